The molecule has 0 saturated heterocycles. The summed E-state index contributed by atoms with van der Waals surface area (Å²) >= 11 is 0. The fourth-order valence-corrected chi connectivity index (χ4v) is 1.14. The van der Waals surface area contributed by atoms with Gasteiger partial charge in [0.1, 0.15) is 6.04 Å². The summed E-state index contributed by atoms with van der Waals surface area (Å²) in [6, 6.07) is -0.545. The number of rotatable bonds is 4. The van der Waals surface area contributed by atoms with Crippen molar-refractivity contribution in [3.8, 4) is 0 Å². The minimum absolute atomic E-state index is 0.204. The van der Waals surface area contributed by atoms with E-state index in [0.717, 1.165) is 19.4 Å². The smallest absolute Gasteiger partial charge is 0.320 e. The molecule has 0 radical (unpaired) electrons. The second-order valence-corrected chi connectivity index (χ2v) is 2.95. The molecule has 0 fully saturated rings. The topological polar surface area (TPSA) is 88.0 Å². The number of carboxylic acid groups (broad SMARTS) is 1. The van der Waals surface area contributed by atoms with Crippen LogP contribution in [-0.2, 0) is 4.79 Å². The van der Waals surface area contributed by atoms with E-state index in [2.05, 4.69) is 10.2 Å². The number of carboxylic acids is 1. The van der Waals surface area contributed by atoms with E-state index < -0.39 is 12.0 Å². The van der Waals surface area contributed by atoms with Gasteiger partial charge >= 0.3 is 5.97 Å². The second kappa shape index (κ2) is 4.15. The van der Waals surface area contributed by atoms with E-state index in [-0.39, 0.29) is 6.04 Å². The van der Waals surface area contributed by atoms with Gasteiger partial charge in [-0.2, -0.15) is 10.2 Å². The van der Waals surface area contributed by atoms with Crippen molar-refractivity contribution in [3.63, 3.8) is 0 Å². The largest absolute Gasteiger partial charge is 0.480 e. The highest BCUT2D eigenvalue weighted by Gasteiger charge is 2.16. The molecular weight excluding hydrogens is 158 g/mol. The number of hydrogen-bond donors (Lipinski definition) is 2. The third-order valence-electron chi connectivity index (χ3n) is 1.94. The molecule has 0 aliphatic carbocycles. The van der Waals surface area contributed by atoms with Gasteiger partial charge in [0.05, 0.1) is 12.6 Å². The number of nitrogens with two attached hydrogens (primary N) is 1. The molecule has 0 bridgehead atoms. The van der Waals surface area contributed by atoms with Gasteiger partial charge in [-0.15, -0.1) is 0 Å². The quantitative estimate of drug-likeness (QED) is 0.641. The van der Waals surface area contributed by atoms with Crippen LogP contribution in [0.2, 0.25) is 0 Å². The molecule has 0 aromatic heterocycles. The monoisotopic (exact) mass is 171 g/mol. The van der Waals surface area contributed by atoms with Crippen LogP contribution in [0.25, 0.3) is 0 Å². The van der Waals surface area contributed by atoms with Gasteiger partial charge in [-0.3, -0.25) is 4.79 Å². The van der Waals surface area contributed by atoms with E-state index in [4.69, 9.17) is 10.8 Å². The minimum Gasteiger partial charge on any atom is -0.480 e. The minimum atomic E-state index is -0.940. The molecule has 3 N–H and O–H groups in total. The molecule has 1 aliphatic heterocycles. The van der Waals surface area contributed by atoms with Crippen LogP contribution in [0.3, 0.4) is 0 Å². The first-order chi connectivity index (χ1) is 5.70. The van der Waals surface area contributed by atoms with Crippen molar-refractivity contribution in [2.45, 2.75) is 31.3 Å². The van der Waals surface area contributed by atoms with Crippen LogP contribution in [0.4, 0.5) is 0 Å². The van der Waals surface area contributed by atoms with Crippen LogP contribution in [0.5, 0.6) is 0 Å². The van der Waals surface area contributed by atoms with Crippen molar-refractivity contribution >= 4 is 5.97 Å². The van der Waals surface area contributed by atoms with E-state index >= 15 is 0 Å². The zero-order chi connectivity index (χ0) is 8.97. The molecule has 0 aromatic carbocycles. The van der Waals surface area contributed by atoms with Gasteiger partial charge in [0.25, 0.3) is 0 Å². The van der Waals surface area contributed by atoms with Crippen LogP contribution in [0.15, 0.2) is 10.2 Å². The Labute approximate surface area is 70.7 Å². The van der Waals surface area contributed by atoms with Gasteiger partial charge in [-0.25, -0.2) is 0 Å². The standard InChI is InChI=1S/C7H13N3O2/c8-6(7(11)12)2-1-5-3-4-9-10-5/h5-6H,1-4,8H2,(H,11,12). The Morgan fingerprint density at radius 2 is 2.50 bits per heavy atom. The zero-order valence-corrected chi connectivity index (χ0v) is 6.81. The molecule has 68 valence electrons. The third-order valence-corrected chi connectivity index (χ3v) is 1.94. The molecule has 0 aromatic rings. The van der Waals surface area contributed by atoms with E-state index in [9.17, 15) is 4.79 Å². The molecule has 12 heavy (non-hydrogen) atoms. The highest BCUT2D eigenvalue weighted by atomic mass is 16.4. The number of aliphatic carboxylic acids is 1. The van der Waals surface area contributed by atoms with E-state index in [1.807, 2.05) is 0 Å². The number of azo groups is 1. The average molecular weight is 171 g/mol. The summed E-state index contributed by atoms with van der Waals surface area (Å²) in [7, 11) is 0. The Bertz CT molecular complexity index is 191. The summed E-state index contributed by atoms with van der Waals surface area (Å²) in [5, 5.41) is 16.2. The Kier molecular flexibility index (Phi) is 3.16. The number of hydrogen-bond acceptors (Lipinski definition) is 4. The fourth-order valence-electron chi connectivity index (χ4n) is 1.14. The highest BCUT2D eigenvalue weighted by molar-refractivity contribution is 5.72. The van der Waals surface area contributed by atoms with Crippen LogP contribution >= 0.6 is 0 Å². The van der Waals surface area contributed by atoms with Gasteiger partial charge in [-0.1, -0.05) is 0 Å². The lowest BCUT2D eigenvalue weighted by molar-refractivity contribution is -0.138. The van der Waals surface area contributed by atoms with Crippen molar-refractivity contribution in [2.24, 2.45) is 16.0 Å². The maximum atomic E-state index is 10.3. The lowest BCUT2D eigenvalue weighted by Crippen LogP contribution is -2.30. The van der Waals surface area contributed by atoms with E-state index in [1.54, 1.807) is 0 Å². The van der Waals surface area contributed by atoms with Crippen LogP contribution < -0.4 is 5.73 Å². The molecule has 1 heterocycles. The lowest BCUT2D eigenvalue weighted by atomic mass is 10.1. The Balaban J connectivity index is 2.16. The zero-order valence-electron chi connectivity index (χ0n) is 6.81. The van der Waals surface area contributed by atoms with E-state index in [1.165, 1.54) is 0 Å². The summed E-state index contributed by atoms with van der Waals surface area (Å²) < 4.78 is 0. The number of nitrogens with zero attached hydrogens (tertiary/aromatic N) is 2. The van der Waals surface area contributed by atoms with Crippen LogP contribution in [-0.4, -0.2) is 29.7 Å². The van der Waals surface area contributed by atoms with Crippen molar-refractivity contribution in [2.75, 3.05) is 6.54 Å². The molecule has 0 amide bonds. The first-order valence-electron chi connectivity index (χ1n) is 4.05. The van der Waals surface area contributed by atoms with E-state index in [0.29, 0.717) is 6.42 Å². The summed E-state index contributed by atoms with van der Waals surface area (Å²) in [5.41, 5.74) is 5.32. The first-order valence-corrected chi connectivity index (χ1v) is 4.05. The molecular formula is C7H13N3O2. The SMILES string of the molecule is NC(CCC1CCN=N1)C(=O)O. The molecule has 2 unspecified atom stereocenters. The van der Waals surface area contributed by atoms with Crippen molar-refractivity contribution < 1.29 is 9.90 Å². The molecule has 2 atom stereocenters. The van der Waals surface area contributed by atoms with Crippen molar-refractivity contribution in [1.29, 1.82) is 0 Å². The Morgan fingerprint density at radius 3 is 3.00 bits per heavy atom. The fraction of sp³-hybridized carbons (Fsp3) is 0.857. The highest BCUT2D eigenvalue weighted by Crippen LogP contribution is 2.14. The molecule has 1 aliphatic rings. The van der Waals surface area contributed by atoms with Gasteiger partial charge < -0.3 is 10.8 Å². The van der Waals surface area contributed by atoms with Gasteiger partial charge in [0, 0.05) is 0 Å². The summed E-state index contributed by atoms with van der Waals surface area (Å²) in [6.07, 6.45) is 2.16. The molecule has 0 spiro atoms. The molecule has 5 heteroatoms. The predicted octanol–water partition coefficient (Wildman–Crippen LogP) is 0.403. The lowest BCUT2D eigenvalue weighted by Gasteiger charge is -2.07. The Hall–Kier alpha value is -0.970. The van der Waals surface area contributed by atoms with Crippen molar-refractivity contribution in [3.05, 3.63) is 0 Å². The van der Waals surface area contributed by atoms with Gasteiger partial charge in [0.15, 0.2) is 0 Å². The first kappa shape index (κ1) is 9.12. The van der Waals surface area contributed by atoms with Crippen LogP contribution in [0, 0.1) is 0 Å². The Morgan fingerprint density at radius 1 is 1.75 bits per heavy atom. The normalized spacial score (nSPS) is 24.2. The molecule has 0 saturated carbocycles. The molecule has 5 nitrogen and oxygen atoms in total. The average Bonchev–Trinajstić information content (AvgIpc) is 2.51. The van der Waals surface area contributed by atoms with Crippen LogP contribution in [0.1, 0.15) is 19.3 Å². The second-order valence-electron chi connectivity index (χ2n) is 2.95. The maximum Gasteiger partial charge on any atom is 0.320 e. The summed E-state index contributed by atoms with van der Waals surface area (Å²) in [4.78, 5) is 10.3. The predicted molar refractivity (Wildman–Crippen MR) is 43.0 cm³/mol. The maximum absolute atomic E-state index is 10.3. The van der Waals surface area contributed by atoms with Gasteiger partial charge in [0.2, 0.25) is 0 Å². The summed E-state index contributed by atoms with van der Waals surface area (Å²) in [5.74, 6) is -0.940. The summed E-state index contributed by atoms with van der Waals surface area (Å²) in [6.45, 7) is 0.771. The van der Waals surface area contributed by atoms with Gasteiger partial charge in [-0.05, 0) is 19.3 Å². The van der Waals surface area contributed by atoms with Crippen molar-refractivity contribution in [1.82, 2.24) is 0 Å². The molecule has 1 rings (SSSR count). The number of carbonyl (C=O) groups is 1. The third kappa shape index (κ3) is 2.58.